The van der Waals surface area contributed by atoms with Gasteiger partial charge in [-0.2, -0.15) is 6.08 Å². The van der Waals surface area contributed by atoms with E-state index in [1.54, 1.807) is 0 Å². The van der Waals surface area contributed by atoms with E-state index >= 15 is 0 Å². The van der Waals surface area contributed by atoms with E-state index in [0.29, 0.717) is 0 Å². The van der Waals surface area contributed by atoms with Gasteiger partial charge in [-0.15, -0.1) is 31.2 Å². The van der Waals surface area contributed by atoms with E-state index < -0.39 is 0 Å². The van der Waals surface area contributed by atoms with Gasteiger partial charge in [0.05, 0.1) is 0 Å². The van der Waals surface area contributed by atoms with Crippen LogP contribution in [0.4, 0.5) is 0 Å². The quantitative estimate of drug-likeness (QED) is 0.521. The Balaban J connectivity index is -0.00000000608. The largest absolute Gasteiger partial charge is 0.358 e. The molecule has 0 atom stereocenters. The molecule has 0 spiro atoms. The fourth-order valence-corrected chi connectivity index (χ4v) is 0.340. The molecule has 0 aliphatic heterocycles. The van der Waals surface area contributed by atoms with Crippen LogP contribution in [-0.4, -0.2) is 14.1 Å². The summed E-state index contributed by atoms with van der Waals surface area (Å²) < 4.78 is 0. The predicted octanol–water partition coefficient (Wildman–Crippen LogP) is 4.23. The molecule has 0 saturated heterocycles. The molecule has 0 aromatic heterocycles. The summed E-state index contributed by atoms with van der Waals surface area (Å²) in [6.07, 6.45) is 10.0. The Kier molecular flexibility index (Phi) is 326. The number of rotatable bonds is 0. The van der Waals surface area contributed by atoms with E-state index in [2.05, 4.69) is 17.5 Å². The van der Waals surface area contributed by atoms with E-state index in [1.165, 1.54) is 0 Å². The Morgan fingerprint density at radius 1 is 0.938 bits per heavy atom. The molecule has 16 heavy (non-hydrogen) atoms. The molecule has 4 heteroatoms. The van der Waals surface area contributed by atoms with Gasteiger partial charge in [0, 0.05) is 21.7 Å². The zero-order valence-corrected chi connectivity index (χ0v) is 15.0. The Hall–Kier alpha value is 0.734. The van der Waals surface area contributed by atoms with E-state index in [1.807, 2.05) is 26.2 Å². The minimum atomic E-state index is 0. The summed E-state index contributed by atoms with van der Waals surface area (Å²) >= 11 is 0. The molecule has 0 radical (unpaired) electrons. The second kappa shape index (κ2) is 75.3. The zero-order valence-electron chi connectivity index (χ0n) is 11.8. The predicted molar refractivity (Wildman–Crippen MR) is 83.1 cm³/mol. The fourth-order valence-electron chi connectivity index (χ4n) is 0.340. The van der Waals surface area contributed by atoms with Crippen LogP contribution in [0, 0.1) is 43.2 Å². The minimum Gasteiger partial charge on any atom is -0.358 e. The van der Waals surface area contributed by atoms with Crippen LogP contribution in [0.5, 0.6) is 0 Å². The Morgan fingerprint density at radius 3 is 1.31 bits per heavy atom. The number of halogens is 2. The van der Waals surface area contributed by atoms with Crippen molar-refractivity contribution >= 4 is 24.8 Å². The first-order chi connectivity index (χ1) is 3.91. The molecule has 0 heterocycles. The molecule has 0 bridgehead atoms. The van der Waals surface area contributed by atoms with Crippen LogP contribution >= 0.6 is 24.8 Å². The van der Waals surface area contributed by atoms with Crippen LogP contribution in [0.2, 0.25) is 0 Å². The third kappa shape index (κ3) is 84.5. The summed E-state index contributed by atoms with van der Waals surface area (Å²) in [5.74, 6) is 0. The number of hydrogen-bond donors (Lipinski definition) is 1. The SMILES string of the molecule is CNC.Cl.Cl.[C-]1=CC=CC1.[CH3-].[CH3-].[CH3-].[CH3-].[CH3-].[Ti]. The summed E-state index contributed by atoms with van der Waals surface area (Å²) in [5.41, 5.74) is 0. The van der Waals surface area contributed by atoms with Crippen LogP contribution in [-0.2, 0) is 21.7 Å². The second-order valence-corrected chi connectivity index (χ2v) is 1.50. The summed E-state index contributed by atoms with van der Waals surface area (Å²) in [6.45, 7) is 0. The molecule has 1 rings (SSSR count). The fraction of sp³-hybridized carbons (Fsp3) is 0.250. The van der Waals surface area contributed by atoms with Gasteiger partial charge in [0.1, 0.15) is 0 Å². The molecule has 0 aromatic carbocycles. The molecule has 1 aliphatic rings. The van der Waals surface area contributed by atoms with Crippen LogP contribution in [0.3, 0.4) is 0 Å². The van der Waals surface area contributed by atoms with Gasteiger partial charge < -0.3 is 42.5 Å². The minimum absolute atomic E-state index is 0. The Labute approximate surface area is 133 Å². The topological polar surface area (TPSA) is 12.0 Å². The Bertz CT molecular complexity index is 87.0. The van der Waals surface area contributed by atoms with Gasteiger partial charge in [-0.3, -0.25) is 6.08 Å². The number of hydrogen-bond acceptors (Lipinski definition) is 1. The molecule has 0 aromatic rings. The van der Waals surface area contributed by atoms with Gasteiger partial charge in [0.25, 0.3) is 0 Å². The van der Waals surface area contributed by atoms with Crippen molar-refractivity contribution in [3.05, 3.63) is 61.4 Å². The average Bonchev–Trinajstić information content (AvgIpc) is 2.17. The monoisotopic (exact) mass is 305 g/mol. The van der Waals surface area contributed by atoms with Gasteiger partial charge >= 0.3 is 0 Å². The van der Waals surface area contributed by atoms with Crippen molar-refractivity contribution in [2.24, 2.45) is 0 Å². The average molecular weight is 306 g/mol. The molecule has 1 N–H and O–H groups in total. The first-order valence-corrected chi connectivity index (χ1v) is 2.72. The van der Waals surface area contributed by atoms with Crippen molar-refractivity contribution in [1.29, 1.82) is 0 Å². The van der Waals surface area contributed by atoms with E-state index in [9.17, 15) is 0 Å². The summed E-state index contributed by atoms with van der Waals surface area (Å²) in [7, 11) is 3.75. The third-order valence-corrected chi connectivity index (χ3v) is 0.586. The van der Waals surface area contributed by atoms with Crippen LogP contribution in [0.25, 0.3) is 0 Å². The van der Waals surface area contributed by atoms with Gasteiger partial charge in [0.15, 0.2) is 0 Å². The molecule has 0 fully saturated rings. The molecule has 1 nitrogen and oxygen atoms in total. The summed E-state index contributed by atoms with van der Waals surface area (Å²) in [5, 5.41) is 2.75. The molecule has 0 saturated carbocycles. The molecule has 1 aliphatic carbocycles. The normalized spacial score (nSPS) is 6.62. The summed E-state index contributed by atoms with van der Waals surface area (Å²) in [4.78, 5) is 0. The number of nitrogens with one attached hydrogen (secondary N) is 1. The maximum absolute atomic E-state index is 2.99. The second-order valence-electron chi connectivity index (χ2n) is 1.50. The van der Waals surface area contributed by atoms with Gasteiger partial charge in [-0.1, -0.05) is 0 Å². The van der Waals surface area contributed by atoms with Gasteiger partial charge in [-0.25, -0.2) is 12.2 Å². The first-order valence-electron chi connectivity index (χ1n) is 2.72. The van der Waals surface area contributed by atoms with Crippen molar-refractivity contribution in [2.75, 3.05) is 14.1 Å². The molecule has 0 unspecified atom stereocenters. The van der Waals surface area contributed by atoms with Crippen molar-refractivity contribution in [2.45, 2.75) is 6.42 Å². The standard InChI is InChI=1S/C5H5.C2H7N.5CH3.2ClH.Ti/c1-2-4-5-3-1;1-3-2;;;;;;;;/h1-3H,4H2;3H,1-2H3;5*1H3;2*1H;/q-1;;5*-1;;;. The maximum Gasteiger partial charge on any atom is 0 e. The molecular formula is C12H29Cl2NTi-6. The van der Waals surface area contributed by atoms with E-state index in [4.69, 9.17) is 0 Å². The van der Waals surface area contributed by atoms with E-state index in [-0.39, 0.29) is 83.7 Å². The van der Waals surface area contributed by atoms with Crippen molar-refractivity contribution in [1.82, 2.24) is 5.32 Å². The summed E-state index contributed by atoms with van der Waals surface area (Å²) in [6, 6.07) is 0. The van der Waals surface area contributed by atoms with Crippen molar-refractivity contribution < 1.29 is 21.7 Å². The molecule has 0 amide bonds. The van der Waals surface area contributed by atoms with Gasteiger partial charge in [-0.05, 0) is 14.1 Å². The van der Waals surface area contributed by atoms with Crippen LogP contribution < -0.4 is 5.32 Å². The smallest absolute Gasteiger partial charge is 0 e. The van der Waals surface area contributed by atoms with Crippen molar-refractivity contribution in [3.63, 3.8) is 0 Å². The van der Waals surface area contributed by atoms with Crippen LogP contribution in [0.1, 0.15) is 6.42 Å². The van der Waals surface area contributed by atoms with Crippen molar-refractivity contribution in [3.8, 4) is 0 Å². The zero-order chi connectivity index (χ0) is 6.24. The van der Waals surface area contributed by atoms with Crippen LogP contribution in [0.15, 0.2) is 18.2 Å². The molecular weight excluding hydrogens is 277 g/mol. The third-order valence-electron chi connectivity index (χ3n) is 0.586. The van der Waals surface area contributed by atoms with Gasteiger partial charge in [0.2, 0.25) is 0 Å². The number of allylic oxidation sites excluding steroid dienone is 4. The Morgan fingerprint density at radius 2 is 1.25 bits per heavy atom. The molecule has 106 valence electrons. The van der Waals surface area contributed by atoms with E-state index in [0.717, 1.165) is 6.42 Å². The first kappa shape index (κ1) is 69.3. The maximum atomic E-state index is 2.99.